The van der Waals surface area contributed by atoms with E-state index in [9.17, 15) is 4.79 Å². The molecule has 0 radical (unpaired) electrons. The highest BCUT2D eigenvalue weighted by Crippen LogP contribution is 2.34. The zero-order valence-corrected chi connectivity index (χ0v) is 8.66. The summed E-state index contributed by atoms with van der Waals surface area (Å²) in [7, 11) is 0. The molecule has 0 amide bonds. The summed E-state index contributed by atoms with van der Waals surface area (Å²) in [5.74, 6) is -0.338. The summed E-state index contributed by atoms with van der Waals surface area (Å²) in [6.45, 7) is 2.13. The fourth-order valence-corrected chi connectivity index (χ4v) is 1.76. The molecule has 80 valence electrons. The van der Waals surface area contributed by atoms with Crippen LogP contribution in [0.3, 0.4) is 0 Å². The van der Waals surface area contributed by atoms with Crippen molar-refractivity contribution < 1.29 is 9.90 Å². The minimum Gasteiger partial charge on any atom is -0.477 e. The largest absolute Gasteiger partial charge is 0.477 e. The molecule has 2 rings (SSSR count). The van der Waals surface area contributed by atoms with E-state index in [1.54, 1.807) is 12.1 Å². The molecule has 1 aliphatic carbocycles. The number of hydrogen-bond donors (Lipinski definition) is 2. The molecule has 1 heterocycles. The molecule has 1 fully saturated rings. The lowest BCUT2D eigenvalue weighted by Gasteiger charge is -2.39. The van der Waals surface area contributed by atoms with Gasteiger partial charge in [-0.25, -0.2) is 9.78 Å². The van der Waals surface area contributed by atoms with Crippen LogP contribution >= 0.6 is 0 Å². The molecule has 1 aromatic heterocycles. The maximum Gasteiger partial charge on any atom is 0.354 e. The number of aromatic carboxylic acids is 1. The summed E-state index contributed by atoms with van der Waals surface area (Å²) in [6, 6.07) is 5.01. The van der Waals surface area contributed by atoms with E-state index in [1.807, 2.05) is 0 Å². The summed E-state index contributed by atoms with van der Waals surface area (Å²) >= 11 is 0. The molecule has 0 atom stereocenters. The predicted octanol–water partition coefficient (Wildman–Crippen LogP) is 2.13. The third kappa shape index (κ3) is 2.09. The van der Waals surface area contributed by atoms with Crippen LogP contribution in [0.25, 0.3) is 0 Å². The Kier molecular flexibility index (Phi) is 2.34. The quantitative estimate of drug-likeness (QED) is 0.795. The topological polar surface area (TPSA) is 62.2 Å². The number of anilines is 1. The first kappa shape index (κ1) is 9.96. The third-order valence-electron chi connectivity index (χ3n) is 2.86. The highest BCUT2D eigenvalue weighted by Gasteiger charge is 2.31. The van der Waals surface area contributed by atoms with E-state index in [1.165, 1.54) is 12.5 Å². The number of nitrogens with zero attached hydrogens (tertiary/aromatic N) is 1. The van der Waals surface area contributed by atoms with Crippen molar-refractivity contribution in [3.63, 3.8) is 0 Å². The number of carboxylic acids is 1. The molecular formula is C11H14N2O2. The van der Waals surface area contributed by atoms with Gasteiger partial charge < -0.3 is 10.4 Å². The van der Waals surface area contributed by atoms with Crippen LogP contribution in [0.1, 0.15) is 36.7 Å². The Hall–Kier alpha value is -1.58. The van der Waals surface area contributed by atoms with E-state index in [0.717, 1.165) is 12.8 Å². The van der Waals surface area contributed by atoms with Gasteiger partial charge in [-0.3, -0.25) is 0 Å². The van der Waals surface area contributed by atoms with Gasteiger partial charge in [0.2, 0.25) is 0 Å². The Bertz CT molecular complexity index is 386. The molecule has 0 saturated heterocycles. The Morgan fingerprint density at radius 2 is 2.27 bits per heavy atom. The summed E-state index contributed by atoms with van der Waals surface area (Å²) < 4.78 is 0. The molecule has 2 N–H and O–H groups in total. The lowest BCUT2D eigenvalue weighted by atomic mass is 9.78. The smallest absolute Gasteiger partial charge is 0.354 e. The first-order valence-corrected chi connectivity index (χ1v) is 5.08. The molecule has 0 unspecified atom stereocenters. The third-order valence-corrected chi connectivity index (χ3v) is 2.86. The summed E-state index contributed by atoms with van der Waals surface area (Å²) in [6.07, 6.45) is 3.46. The Morgan fingerprint density at radius 1 is 1.53 bits per heavy atom. The van der Waals surface area contributed by atoms with Crippen molar-refractivity contribution in [2.24, 2.45) is 0 Å². The Labute approximate surface area is 88.3 Å². The van der Waals surface area contributed by atoms with Gasteiger partial charge in [-0.2, -0.15) is 0 Å². The first-order valence-electron chi connectivity index (χ1n) is 5.08. The molecule has 1 aromatic rings. The van der Waals surface area contributed by atoms with Gasteiger partial charge in [0, 0.05) is 5.54 Å². The number of carbonyl (C=O) groups is 1. The lowest BCUT2D eigenvalue weighted by Crippen LogP contribution is -2.41. The van der Waals surface area contributed by atoms with Crippen LogP contribution in [-0.4, -0.2) is 21.6 Å². The Morgan fingerprint density at radius 3 is 2.80 bits per heavy atom. The standard InChI is InChI=1S/C11H14N2O2/c1-11(6-3-7-11)13-9-5-2-4-8(12-9)10(14)15/h2,4-5H,3,6-7H2,1H3,(H,12,13)(H,14,15). The van der Waals surface area contributed by atoms with Gasteiger partial charge in [0.1, 0.15) is 5.82 Å². The number of aromatic nitrogens is 1. The van der Waals surface area contributed by atoms with E-state index >= 15 is 0 Å². The number of rotatable bonds is 3. The molecule has 4 heteroatoms. The van der Waals surface area contributed by atoms with Gasteiger partial charge >= 0.3 is 5.97 Å². The maximum absolute atomic E-state index is 10.7. The fraction of sp³-hybridized carbons (Fsp3) is 0.455. The van der Waals surface area contributed by atoms with Gasteiger partial charge in [0.15, 0.2) is 5.69 Å². The average molecular weight is 206 g/mol. The first-order chi connectivity index (χ1) is 7.09. The average Bonchev–Trinajstić information content (AvgIpc) is 2.16. The molecule has 1 aliphatic rings. The van der Waals surface area contributed by atoms with Crippen LogP contribution < -0.4 is 5.32 Å². The second kappa shape index (κ2) is 3.53. The molecule has 0 aliphatic heterocycles. The highest BCUT2D eigenvalue weighted by atomic mass is 16.4. The maximum atomic E-state index is 10.7. The molecule has 15 heavy (non-hydrogen) atoms. The number of pyridine rings is 1. The summed E-state index contributed by atoms with van der Waals surface area (Å²) in [5, 5.41) is 12.1. The normalized spacial score (nSPS) is 17.9. The van der Waals surface area contributed by atoms with E-state index in [2.05, 4.69) is 17.2 Å². The second-order valence-corrected chi connectivity index (χ2v) is 4.25. The van der Waals surface area contributed by atoms with E-state index < -0.39 is 5.97 Å². The predicted molar refractivity (Wildman–Crippen MR) is 57.1 cm³/mol. The zero-order chi connectivity index (χ0) is 10.9. The van der Waals surface area contributed by atoms with Gasteiger partial charge in [-0.05, 0) is 38.3 Å². The molecule has 1 saturated carbocycles. The fourth-order valence-electron chi connectivity index (χ4n) is 1.76. The number of hydrogen-bond acceptors (Lipinski definition) is 3. The molecule has 0 aromatic carbocycles. The number of carboxylic acid groups (broad SMARTS) is 1. The van der Waals surface area contributed by atoms with Crippen molar-refractivity contribution in [3.8, 4) is 0 Å². The van der Waals surface area contributed by atoms with Crippen molar-refractivity contribution in [2.75, 3.05) is 5.32 Å². The number of nitrogens with one attached hydrogen (secondary N) is 1. The monoisotopic (exact) mass is 206 g/mol. The Balaban J connectivity index is 2.14. The van der Waals surface area contributed by atoms with Gasteiger partial charge in [-0.1, -0.05) is 6.07 Å². The van der Waals surface area contributed by atoms with Crippen molar-refractivity contribution in [1.29, 1.82) is 0 Å². The van der Waals surface area contributed by atoms with Gasteiger partial charge in [0.25, 0.3) is 0 Å². The van der Waals surface area contributed by atoms with Crippen molar-refractivity contribution >= 4 is 11.8 Å². The van der Waals surface area contributed by atoms with Crippen LogP contribution in [0.15, 0.2) is 18.2 Å². The van der Waals surface area contributed by atoms with Crippen LogP contribution in [-0.2, 0) is 0 Å². The molecule has 0 bridgehead atoms. The molecule has 4 nitrogen and oxygen atoms in total. The van der Waals surface area contributed by atoms with Gasteiger partial charge in [-0.15, -0.1) is 0 Å². The van der Waals surface area contributed by atoms with Crippen LogP contribution in [0.4, 0.5) is 5.82 Å². The molecular weight excluding hydrogens is 192 g/mol. The highest BCUT2D eigenvalue weighted by molar-refractivity contribution is 5.85. The van der Waals surface area contributed by atoms with E-state index in [4.69, 9.17) is 5.11 Å². The van der Waals surface area contributed by atoms with Crippen molar-refractivity contribution in [3.05, 3.63) is 23.9 Å². The zero-order valence-electron chi connectivity index (χ0n) is 8.66. The van der Waals surface area contributed by atoms with Crippen LogP contribution in [0, 0.1) is 0 Å². The minimum atomic E-state index is -0.989. The van der Waals surface area contributed by atoms with E-state index in [-0.39, 0.29) is 11.2 Å². The van der Waals surface area contributed by atoms with E-state index in [0.29, 0.717) is 5.82 Å². The van der Waals surface area contributed by atoms with Crippen molar-refractivity contribution in [2.45, 2.75) is 31.7 Å². The summed E-state index contributed by atoms with van der Waals surface area (Å²) in [4.78, 5) is 14.7. The minimum absolute atomic E-state index is 0.0860. The molecule has 0 spiro atoms. The second-order valence-electron chi connectivity index (χ2n) is 4.25. The summed E-state index contributed by atoms with van der Waals surface area (Å²) in [5.41, 5.74) is 0.187. The van der Waals surface area contributed by atoms with Crippen molar-refractivity contribution in [1.82, 2.24) is 4.98 Å². The van der Waals surface area contributed by atoms with Gasteiger partial charge in [0.05, 0.1) is 0 Å². The lowest BCUT2D eigenvalue weighted by molar-refractivity contribution is 0.0690. The van der Waals surface area contributed by atoms with Crippen LogP contribution in [0.5, 0.6) is 0 Å². The SMILES string of the molecule is CC1(Nc2cccc(C(=O)O)n2)CCC1. The van der Waals surface area contributed by atoms with Crippen LogP contribution in [0.2, 0.25) is 0 Å².